The van der Waals surface area contributed by atoms with Crippen LogP contribution in [-0.4, -0.2) is 102 Å². The average Bonchev–Trinajstić information content (AvgIpc) is 3.70. The smallest absolute Gasteiger partial charge is 0.410 e. The van der Waals surface area contributed by atoms with Crippen molar-refractivity contribution in [3.05, 3.63) is 137 Å². The van der Waals surface area contributed by atoms with E-state index in [2.05, 4.69) is 17.4 Å². The predicted molar refractivity (Wildman–Crippen MR) is 214 cm³/mol. The Kier molecular flexibility index (Phi) is 13.5. The molecular weight excluding hydrogens is 723 g/mol. The largest absolute Gasteiger partial charge is 0.490 e. The van der Waals surface area contributed by atoms with Gasteiger partial charge >= 0.3 is 6.09 Å². The van der Waals surface area contributed by atoms with E-state index >= 15 is 0 Å². The molecule has 0 saturated carbocycles. The zero-order valence-corrected chi connectivity index (χ0v) is 32.3. The third-order valence-electron chi connectivity index (χ3n) is 11.4. The molecule has 4 aromatic rings. The fourth-order valence-electron chi connectivity index (χ4n) is 8.42. The second kappa shape index (κ2) is 19.3. The number of hydrogen-bond donors (Lipinski definition) is 3. The van der Waals surface area contributed by atoms with Gasteiger partial charge in [0.2, 0.25) is 11.8 Å². The number of carbonyl (C=O) groups excluding carboxylic acids is 3. The number of hydrogen-bond acceptors (Lipinski definition) is 8. The standard InChI is InChI=1S/C46H53N3O8/c50-39(31-49-38(27-33-11-5-2-6-12-33)28-37(45(49)53)26-32-9-3-1-4-10-32)29-36(44(52)47-43-41-14-8-7-13-35(41)30-42(43)51)25-34-15-17-40(18-16-34)56-23-24-57-46(54)48-19-21-55-22-20-48/h1-18,36-39,42-43,50-51H,19-31H2,(H,47,52)/t36-,37-,38-,39-,42+,43-/m0/s1. The number of aliphatic hydroxyl groups is 2. The average molecular weight is 776 g/mol. The Morgan fingerprint density at radius 2 is 1.49 bits per heavy atom. The highest BCUT2D eigenvalue weighted by Gasteiger charge is 2.41. The summed E-state index contributed by atoms with van der Waals surface area (Å²) < 4.78 is 16.5. The van der Waals surface area contributed by atoms with Gasteiger partial charge in [-0.25, -0.2) is 4.79 Å². The van der Waals surface area contributed by atoms with E-state index in [1.165, 1.54) is 0 Å². The number of nitrogens with one attached hydrogen (secondary N) is 1. The molecule has 1 aliphatic carbocycles. The number of fused-ring (bicyclic) bond motifs is 1. The van der Waals surface area contributed by atoms with Crippen molar-refractivity contribution in [2.24, 2.45) is 11.8 Å². The molecule has 11 heteroatoms. The van der Waals surface area contributed by atoms with Crippen molar-refractivity contribution in [3.8, 4) is 5.75 Å². The van der Waals surface area contributed by atoms with Crippen LogP contribution in [-0.2, 0) is 44.7 Å². The minimum Gasteiger partial charge on any atom is -0.490 e. The number of nitrogens with zero attached hydrogens (tertiary/aromatic N) is 2. The van der Waals surface area contributed by atoms with Crippen molar-refractivity contribution in [2.75, 3.05) is 46.1 Å². The number of benzene rings is 4. The Bertz CT molecular complexity index is 1920. The van der Waals surface area contributed by atoms with E-state index in [-0.39, 0.29) is 56.0 Å². The molecule has 0 unspecified atom stereocenters. The van der Waals surface area contributed by atoms with Gasteiger partial charge in [-0.15, -0.1) is 0 Å². The maximum absolute atomic E-state index is 14.2. The molecule has 2 saturated heterocycles. The van der Waals surface area contributed by atoms with E-state index < -0.39 is 24.2 Å². The second-order valence-corrected chi connectivity index (χ2v) is 15.4. The molecule has 11 nitrogen and oxygen atoms in total. The van der Waals surface area contributed by atoms with Gasteiger partial charge in [-0.2, -0.15) is 0 Å². The summed E-state index contributed by atoms with van der Waals surface area (Å²) in [4.78, 5) is 43.9. The third-order valence-corrected chi connectivity index (χ3v) is 11.4. The minimum atomic E-state index is -0.970. The summed E-state index contributed by atoms with van der Waals surface area (Å²) >= 11 is 0. The van der Waals surface area contributed by atoms with Gasteiger partial charge in [0.05, 0.1) is 31.5 Å². The molecule has 300 valence electrons. The van der Waals surface area contributed by atoms with Crippen LogP contribution in [0.1, 0.15) is 46.7 Å². The summed E-state index contributed by atoms with van der Waals surface area (Å²) in [5, 5.41) is 25.8. The number of ether oxygens (including phenoxy) is 3. The maximum atomic E-state index is 14.2. The summed E-state index contributed by atoms with van der Waals surface area (Å²) in [6.45, 7) is 2.41. The lowest BCUT2D eigenvalue weighted by Gasteiger charge is -2.29. The summed E-state index contributed by atoms with van der Waals surface area (Å²) in [5.41, 5.74) is 4.99. The molecule has 7 rings (SSSR count). The lowest BCUT2D eigenvalue weighted by molar-refractivity contribution is -0.133. The van der Waals surface area contributed by atoms with Crippen LogP contribution in [0.2, 0.25) is 0 Å². The normalized spacial score (nSPS) is 21.5. The van der Waals surface area contributed by atoms with Crippen molar-refractivity contribution in [3.63, 3.8) is 0 Å². The molecule has 0 radical (unpaired) electrons. The molecule has 6 atom stereocenters. The first-order valence-corrected chi connectivity index (χ1v) is 20.1. The highest BCUT2D eigenvalue weighted by atomic mass is 16.6. The highest BCUT2D eigenvalue weighted by Crippen LogP contribution is 2.33. The molecule has 0 aromatic heterocycles. The number of β-amino-alcohol motifs (C(OH)–C–C–N with tert-alkyl or cyclic N) is 1. The van der Waals surface area contributed by atoms with Gasteiger partial charge in [-0.3, -0.25) is 9.59 Å². The van der Waals surface area contributed by atoms with Crippen LogP contribution in [0.4, 0.5) is 4.79 Å². The van der Waals surface area contributed by atoms with Gasteiger partial charge in [0, 0.05) is 43.9 Å². The molecular formula is C46H53N3O8. The molecule has 0 spiro atoms. The number of morpholine rings is 1. The summed E-state index contributed by atoms with van der Waals surface area (Å²) in [5.74, 6) is -0.509. The molecule has 3 aliphatic rings. The molecule has 0 bridgehead atoms. The summed E-state index contributed by atoms with van der Waals surface area (Å²) in [7, 11) is 0. The topological polar surface area (TPSA) is 138 Å². The number of carbonyl (C=O) groups is 3. The van der Waals surface area contributed by atoms with E-state index in [9.17, 15) is 24.6 Å². The SMILES string of the molecule is O=C(N[C@H]1c2ccccc2C[C@H]1O)[C@@H](Cc1ccc(OCCOC(=O)N2CCOCC2)cc1)C[C@H](O)CN1C(=O)[C@@H](Cc2ccccc2)C[C@@H]1Cc1ccccc1. The fraction of sp³-hybridized carbons (Fsp3) is 0.413. The first-order valence-electron chi connectivity index (χ1n) is 20.1. The van der Waals surface area contributed by atoms with Crippen LogP contribution in [0.5, 0.6) is 5.75 Å². The van der Waals surface area contributed by atoms with Gasteiger partial charge in [0.1, 0.15) is 19.0 Å². The lowest BCUT2D eigenvalue weighted by Crippen LogP contribution is -2.43. The number of likely N-dealkylation sites (tertiary alicyclic amines) is 1. The molecule has 4 aromatic carbocycles. The van der Waals surface area contributed by atoms with Gasteiger partial charge in [0.15, 0.2) is 0 Å². The zero-order chi connectivity index (χ0) is 39.6. The van der Waals surface area contributed by atoms with E-state index in [1.54, 1.807) is 4.90 Å². The third kappa shape index (κ3) is 10.6. The maximum Gasteiger partial charge on any atom is 0.410 e. The van der Waals surface area contributed by atoms with Crippen LogP contribution in [0.15, 0.2) is 109 Å². The van der Waals surface area contributed by atoms with E-state index in [0.717, 1.165) is 27.8 Å². The Morgan fingerprint density at radius 3 is 2.21 bits per heavy atom. The summed E-state index contributed by atoms with van der Waals surface area (Å²) in [6.07, 6.45) is 0.772. The van der Waals surface area contributed by atoms with E-state index in [1.807, 2.05) is 102 Å². The van der Waals surface area contributed by atoms with Gasteiger partial charge in [0.25, 0.3) is 0 Å². The summed E-state index contributed by atoms with van der Waals surface area (Å²) in [6, 6.07) is 34.6. The van der Waals surface area contributed by atoms with Gasteiger partial charge in [-0.1, -0.05) is 97.1 Å². The zero-order valence-electron chi connectivity index (χ0n) is 32.3. The molecule has 3 amide bonds. The minimum absolute atomic E-state index is 0.0250. The number of amides is 3. The predicted octanol–water partition coefficient (Wildman–Crippen LogP) is 4.92. The number of aliphatic hydroxyl groups excluding tert-OH is 2. The quantitative estimate of drug-likeness (QED) is 0.137. The van der Waals surface area contributed by atoms with Crippen LogP contribution in [0, 0.1) is 11.8 Å². The van der Waals surface area contributed by atoms with E-state index in [0.29, 0.717) is 64.2 Å². The van der Waals surface area contributed by atoms with Crippen LogP contribution >= 0.6 is 0 Å². The van der Waals surface area contributed by atoms with Crippen molar-refractivity contribution in [2.45, 2.75) is 62.8 Å². The van der Waals surface area contributed by atoms with Crippen molar-refractivity contribution in [1.29, 1.82) is 0 Å². The van der Waals surface area contributed by atoms with E-state index in [4.69, 9.17) is 14.2 Å². The van der Waals surface area contributed by atoms with Crippen LogP contribution < -0.4 is 10.1 Å². The Balaban J connectivity index is 1.02. The first-order chi connectivity index (χ1) is 27.8. The molecule has 3 N–H and O–H groups in total. The lowest BCUT2D eigenvalue weighted by atomic mass is 9.91. The molecule has 2 aliphatic heterocycles. The second-order valence-electron chi connectivity index (χ2n) is 15.4. The van der Waals surface area contributed by atoms with Gasteiger partial charge in [-0.05, 0) is 72.1 Å². The van der Waals surface area contributed by atoms with Crippen molar-refractivity contribution in [1.82, 2.24) is 15.1 Å². The van der Waals surface area contributed by atoms with Gasteiger partial charge < -0.3 is 39.5 Å². The number of rotatable bonds is 16. The Hall–Kier alpha value is -5.23. The van der Waals surface area contributed by atoms with Crippen LogP contribution in [0.25, 0.3) is 0 Å². The van der Waals surface area contributed by atoms with Crippen molar-refractivity contribution >= 4 is 17.9 Å². The highest BCUT2D eigenvalue weighted by molar-refractivity contribution is 5.82. The van der Waals surface area contributed by atoms with Crippen molar-refractivity contribution < 1.29 is 38.8 Å². The fourth-order valence-corrected chi connectivity index (χ4v) is 8.42. The molecule has 2 fully saturated rings. The molecule has 57 heavy (non-hydrogen) atoms. The Labute approximate surface area is 334 Å². The Morgan fingerprint density at radius 1 is 0.825 bits per heavy atom. The molecule has 2 heterocycles. The monoisotopic (exact) mass is 775 g/mol. The van der Waals surface area contributed by atoms with Crippen LogP contribution in [0.3, 0.4) is 0 Å². The first kappa shape index (κ1) is 40.0.